The Labute approximate surface area is 258 Å². The molecular formula is C33H31ClN2O6S. The lowest BCUT2D eigenvalue weighted by molar-refractivity contribution is -0.139. The van der Waals surface area contributed by atoms with Crippen LogP contribution in [0.1, 0.15) is 43.5 Å². The number of ether oxygens (including phenoxy) is 4. The minimum Gasteiger partial charge on any atom is -0.497 e. The smallest absolute Gasteiger partial charge is 0.338 e. The lowest BCUT2D eigenvalue weighted by Gasteiger charge is -2.24. The van der Waals surface area contributed by atoms with Crippen molar-refractivity contribution in [1.82, 2.24) is 4.57 Å². The zero-order valence-electron chi connectivity index (χ0n) is 24.3. The van der Waals surface area contributed by atoms with E-state index in [1.54, 1.807) is 43.7 Å². The van der Waals surface area contributed by atoms with Crippen LogP contribution in [0.2, 0.25) is 5.02 Å². The number of nitrogens with zero attached hydrogens (tertiary/aromatic N) is 2. The first-order valence-corrected chi connectivity index (χ1v) is 15.0. The van der Waals surface area contributed by atoms with Crippen LogP contribution in [-0.4, -0.2) is 30.9 Å². The van der Waals surface area contributed by atoms with Crippen LogP contribution in [0.5, 0.6) is 17.2 Å². The fourth-order valence-corrected chi connectivity index (χ4v) is 5.96. The quantitative estimate of drug-likeness (QED) is 0.220. The van der Waals surface area contributed by atoms with Crippen molar-refractivity contribution in [2.75, 3.05) is 20.3 Å². The number of allylic oxidation sites excluding steroid dienone is 1. The number of hydrogen-bond acceptors (Lipinski definition) is 8. The maximum Gasteiger partial charge on any atom is 0.338 e. The van der Waals surface area contributed by atoms with Crippen molar-refractivity contribution in [3.63, 3.8) is 0 Å². The maximum absolute atomic E-state index is 13.9. The van der Waals surface area contributed by atoms with Gasteiger partial charge in [0.2, 0.25) is 0 Å². The van der Waals surface area contributed by atoms with Crippen LogP contribution in [0.4, 0.5) is 0 Å². The Balaban J connectivity index is 1.54. The number of esters is 1. The third-order valence-electron chi connectivity index (χ3n) is 6.82. The summed E-state index contributed by atoms with van der Waals surface area (Å²) in [5.74, 6) is 1.31. The Morgan fingerprint density at radius 3 is 2.42 bits per heavy atom. The Morgan fingerprint density at radius 2 is 1.74 bits per heavy atom. The minimum absolute atomic E-state index is 0.205. The molecule has 1 aliphatic rings. The Bertz CT molecular complexity index is 1840. The Kier molecular flexibility index (Phi) is 9.33. The van der Waals surface area contributed by atoms with Crippen LogP contribution in [0.25, 0.3) is 6.08 Å². The summed E-state index contributed by atoms with van der Waals surface area (Å²) in [7, 11) is 1.58. The fraction of sp³-hybridized carbons (Fsp3) is 0.242. The molecule has 0 amide bonds. The highest BCUT2D eigenvalue weighted by molar-refractivity contribution is 7.07. The van der Waals surface area contributed by atoms with E-state index in [2.05, 4.69) is 4.99 Å². The van der Waals surface area contributed by atoms with Gasteiger partial charge in [0.15, 0.2) is 16.3 Å². The van der Waals surface area contributed by atoms with E-state index in [-0.39, 0.29) is 12.2 Å². The number of methoxy groups -OCH3 is 1. The molecule has 2 heterocycles. The van der Waals surface area contributed by atoms with Crippen LogP contribution in [0.15, 0.2) is 87.8 Å². The van der Waals surface area contributed by atoms with Gasteiger partial charge in [-0.3, -0.25) is 9.36 Å². The summed E-state index contributed by atoms with van der Waals surface area (Å²) in [5, 5.41) is 0.663. The summed E-state index contributed by atoms with van der Waals surface area (Å²) >= 11 is 7.25. The van der Waals surface area contributed by atoms with Crippen molar-refractivity contribution < 1.29 is 23.7 Å². The monoisotopic (exact) mass is 618 g/mol. The van der Waals surface area contributed by atoms with Gasteiger partial charge in [-0.25, -0.2) is 9.79 Å². The average Bonchev–Trinajstić information content (AvgIpc) is 3.31. The highest BCUT2D eigenvalue weighted by Crippen LogP contribution is 2.32. The molecule has 0 radical (unpaired) electrons. The molecule has 0 bridgehead atoms. The third kappa shape index (κ3) is 6.53. The van der Waals surface area contributed by atoms with Gasteiger partial charge in [-0.2, -0.15) is 0 Å². The highest BCUT2D eigenvalue weighted by atomic mass is 35.5. The number of fused-ring (bicyclic) bond motifs is 1. The number of halogens is 1. The van der Waals surface area contributed by atoms with E-state index < -0.39 is 12.0 Å². The number of aromatic nitrogens is 1. The van der Waals surface area contributed by atoms with E-state index >= 15 is 0 Å². The summed E-state index contributed by atoms with van der Waals surface area (Å²) in [6.07, 6.45) is 1.80. The van der Waals surface area contributed by atoms with Gasteiger partial charge < -0.3 is 18.9 Å². The topological polar surface area (TPSA) is 88.4 Å². The van der Waals surface area contributed by atoms with Crippen LogP contribution in [0, 0.1) is 0 Å². The zero-order chi connectivity index (χ0) is 30.5. The second-order valence-electron chi connectivity index (χ2n) is 9.63. The summed E-state index contributed by atoms with van der Waals surface area (Å²) < 4.78 is 24.6. The molecule has 0 spiro atoms. The van der Waals surface area contributed by atoms with Crippen LogP contribution < -0.4 is 29.1 Å². The van der Waals surface area contributed by atoms with E-state index in [0.29, 0.717) is 56.1 Å². The highest BCUT2D eigenvalue weighted by Gasteiger charge is 2.33. The molecule has 0 fully saturated rings. The van der Waals surface area contributed by atoms with Gasteiger partial charge in [-0.1, -0.05) is 53.3 Å². The molecule has 8 nitrogen and oxygen atoms in total. The van der Waals surface area contributed by atoms with Crippen LogP contribution in [-0.2, 0) is 16.1 Å². The van der Waals surface area contributed by atoms with Crippen molar-refractivity contribution in [3.8, 4) is 17.2 Å². The summed E-state index contributed by atoms with van der Waals surface area (Å²) in [6.45, 7) is 6.41. The molecule has 1 aliphatic heterocycles. The van der Waals surface area contributed by atoms with E-state index in [1.165, 1.54) is 11.3 Å². The molecule has 1 atom stereocenters. The summed E-state index contributed by atoms with van der Waals surface area (Å²) in [5.41, 5.74) is 3.04. The predicted molar refractivity (Wildman–Crippen MR) is 167 cm³/mol. The van der Waals surface area contributed by atoms with Gasteiger partial charge in [0.1, 0.15) is 12.4 Å². The predicted octanol–water partition coefficient (Wildman–Crippen LogP) is 5.44. The number of thiazole rings is 1. The second kappa shape index (κ2) is 13.3. The maximum atomic E-state index is 13.9. The molecule has 0 aliphatic carbocycles. The number of hydrogen-bond donors (Lipinski definition) is 0. The molecule has 0 N–H and O–H groups in total. The fourth-order valence-electron chi connectivity index (χ4n) is 4.79. The van der Waals surface area contributed by atoms with Gasteiger partial charge in [0.05, 0.1) is 42.2 Å². The molecule has 3 aromatic carbocycles. The molecular weight excluding hydrogens is 588 g/mol. The molecule has 43 heavy (non-hydrogen) atoms. The lowest BCUT2D eigenvalue weighted by atomic mass is 9.96. The third-order valence-corrected chi connectivity index (χ3v) is 8.06. The van der Waals surface area contributed by atoms with Gasteiger partial charge >= 0.3 is 5.97 Å². The summed E-state index contributed by atoms with van der Waals surface area (Å²) in [6, 6.07) is 19.6. The Morgan fingerprint density at radius 1 is 1.00 bits per heavy atom. The van der Waals surface area contributed by atoms with E-state index in [4.69, 9.17) is 30.5 Å². The lowest BCUT2D eigenvalue weighted by Crippen LogP contribution is -2.39. The van der Waals surface area contributed by atoms with Gasteiger partial charge in [-0.05, 0) is 79.9 Å². The first-order valence-electron chi connectivity index (χ1n) is 13.8. The molecule has 0 saturated heterocycles. The second-order valence-corrected chi connectivity index (χ2v) is 11.1. The van der Waals surface area contributed by atoms with Gasteiger partial charge in [0.25, 0.3) is 5.56 Å². The average molecular weight is 619 g/mol. The van der Waals surface area contributed by atoms with Crippen molar-refractivity contribution in [2.45, 2.75) is 33.4 Å². The number of carbonyl (C=O) groups excluding carboxylic acids is 1. The first-order chi connectivity index (χ1) is 20.8. The van der Waals surface area contributed by atoms with Crippen molar-refractivity contribution in [2.24, 2.45) is 4.99 Å². The number of carbonyl (C=O) groups is 1. The van der Waals surface area contributed by atoms with Crippen molar-refractivity contribution in [1.29, 1.82) is 0 Å². The SMILES string of the molecule is CCOC(=O)C1=C(C)N=c2sc(=Cc3ccc(OCc4ccc(Cl)cc4)c(OCC)c3)c(=O)n2C1c1ccc(OC)cc1. The first kappa shape index (κ1) is 30.1. The molecule has 1 aromatic heterocycles. The standard InChI is InChI=1S/C33H31ClN2O6S/c1-5-40-27-17-22(9-16-26(27)42-19-21-7-12-24(34)13-8-21)18-28-31(37)36-30(23-10-14-25(39-4)15-11-23)29(32(38)41-6-2)20(3)35-33(36)43-28/h7-18,30H,5-6,19H2,1-4H3. The minimum atomic E-state index is -0.703. The van der Waals surface area contributed by atoms with Crippen LogP contribution >= 0.6 is 22.9 Å². The number of rotatable bonds is 10. The van der Waals surface area contributed by atoms with E-state index in [1.807, 2.05) is 61.5 Å². The van der Waals surface area contributed by atoms with Crippen molar-refractivity contribution in [3.05, 3.63) is 119 Å². The summed E-state index contributed by atoms with van der Waals surface area (Å²) in [4.78, 5) is 32.2. The molecule has 10 heteroatoms. The zero-order valence-corrected chi connectivity index (χ0v) is 25.8. The van der Waals surface area contributed by atoms with Crippen LogP contribution in [0.3, 0.4) is 0 Å². The van der Waals surface area contributed by atoms with Gasteiger partial charge in [-0.15, -0.1) is 0 Å². The normalized spacial score (nSPS) is 14.6. The van der Waals surface area contributed by atoms with E-state index in [9.17, 15) is 9.59 Å². The largest absolute Gasteiger partial charge is 0.497 e. The molecule has 5 rings (SSSR count). The molecule has 0 saturated carbocycles. The molecule has 222 valence electrons. The molecule has 4 aromatic rings. The molecule has 1 unspecified atom stereocenters. The number of benzene rings is 3. The van der Waals surface area contributed by atoms with Crippen molar-refractivity contribution >= 4 is 35.0 Å². The van der Waals surface area contributed by atoms with E-state index in [0.717, 1.165) is 16.7 Å². The Hall–Kier alpha value is -4.34. The van der Waals surface area contributed by atoms with Gasteiger partial charge in [0, 0.05) is 5.02 Å².